The van der Waals surface area contributed by atoms with Gasteiger partial charge in [-0.25, -0.2) is 4.39 Å². The molecule has 8 heteroatoms. The van der Waals surface area contributed by atoms with Crippen LogP contribution in [0.25, 0.3) is 0 Å². The van der Waals surface area contributed by atoms with Gasteiger partial charge in [0, 0.05) is 6.04 Å². The number of carbonyl (C=O) groups excluding carboxylic acids is 3. The van der Waals surface area contributed by atoms with Crippen molar-refractivity contribution in [3.8, 4) is 0 Å². The van der Waals surface area contributed by atoms with E-state index in [1.165, 1.54) is 34.4 Å². The summed E-state index contributed by atoms with van der Waals surface area (Å²) in [5.74, 6) is -1.99. The van der Waals surface area contributed by atoms with Gasteiger partial charge in [-0.15, -0.1) is 11.3 Å². The Kier molecular flexibility index (Phi) is 7.92. The number of nitrogens with one attached hydrogen (secondary N) is 2. The predicted octanol–water partition coefficient (Wildman–Crippen LogP) is 4.76. The molecule has 2 N–H and O–H groups in total. The number of aryl methyl sites for hydroxylation is 1. The highest BCUT2D eigenvalue weighted by atomic mass is 32.1. The van der Waals surface area contributed by atoms with E-state index in [9.17, 15) is 14.4 Å². The molecule has 1 aliphatic rings. The SMILES string of the molecule is Cc1ccc([C@@H](C(=O)NC2CCCC2)N(C(=O)CNC(=O)c2cccs2)c2ccccc2F)cc1. The van der Waals surface area contributed by atoms with E-state index in [4.69, 9.17) is 0 Å². The summed E-state index contributed by atoms with van der Waals surface area (Å²) >= 11 is 1.26. The van der Waals surface area contributed by atoms with Crippen LogP contribution < -0.4 is 15.5 Å². The largest absolute Gasteiger partial charge is 0.351 e. The smallest absolute Gasteiger partial charge is 0.261 e. The van der Waals surface area contributed by atoms with Crippen LogP contribution in [0.2, 0.25) is 0 Å². The highest BCUT2D eigenvalue weighted by Crippen LogP contribution is 2.31. The molecule has 182 valence electrons. The summed E-state index contributed by atoms with van der Waals surface area (Å²) < 4.78 is 15.0. The third-order valence-corrected chi connectivity index (χ3v) is 7.00. The van der Waals surface area contributed by atoms with E-state index in [0.29, 0.717) is 10.4 Å². The first-order valence-corrected chi connectivity index (χ1v) is 12.6. The van der Waals surface area contributed by atoms with Crippen molar-refractivity contribution in [1.82, 2.24) is 10.6 Å². The van der Waals surface area contributed by atoms with E-state index < -0.39 is 23.7 Å². The van der Waals surface area contributed by atoms with Gasteiger partial charge in [0.05, 0.1) is 17.1 Å². The minimum absolute atomic E-state index is 0.0185. The number of rotatable bonds is 8. The molecule has 0 radical (unpaired) electrons. The fourth-order valence-electron chi connectivity index (χ4n) is 4.32. The predicted molar refractivity (Wildman–Crippen MR) is 135 cm³/mol. The fourth-order valence-corrected chi connectivity index (χ4v) is 4.96. The zero-order valence-corrected chi connectivity index (χ0v) is 20.3. The first-order chi connectivity index (χ1) is 16.9. The standard InChI is InChI=1S/C27H28FN3O3S/c1-18-12-14-19(15-13-18)25(27(34)30-20-7-2-3-8-20)31(22-10-5-4-9-21(22)28)24(32)17-29-26(33)23-11-6-16-35-23/h4-6,9-16,20,25H,2-3,7-8,17H2,1H3,(H,29,33)(H,30,34)/t25-/m0/s1. The zero-order valence-electron chi connectivity index (χ0n) is 19.5. The topological polar surface area (TPSA) is 78.5 Å². The maximum atomic E-state index is 15.0. The monoisotopic (exact) mass is 493 g/mol. The van der Waals surface area contributed by atoms with Crippen molar-refractivity contribution in [2.45, 2.75) is 44.7 Å². The molecule has 1 fully saturated rings. The van der Waals surface area contributed by atoms with E-state index in [2.05, 4.69) is 10.6 Å². The minimum atomic E-state index is -1.10. The minimum Gasteiger partial charge on any atom is -0.351 e. The van der Waals surface area contributed by atoms with Crippen LogP contribution in [0.15, 0.2) is 66.0 Å². The van der Waals surface area contributed by atoms with E-state index in [1.54, 1.807) is 35.7 Å². The molecule has 35 heavy (non-hydrogen) atoms. The first-order valence-electron chi connectivity index (χ1n) is 11.7. The molecular formula is C27H28FN3O3S. The van der Waals surface area contributed by atoms with E-state index in [-0.39, 0.29) is 24.2 Å². The number of carbonyl (C=O) groups is 3. The Hall–Kier alpha value is -3.52. The van der Waals surface area contributed by atoms with Crippen molar-refractivity contribution in [2.75, 3.05) is 11.4 Å². The fraction of sp³-hybridized carbons (Fsp3) is 0.296. The highest BCUT2D eigenvalue weighted by Gasteiger charge is 2.35. The highest BCUT2D eigenvalue weighted by molar-refractivity contribution is 7.12. The van der Waals surface area contributed by atoms with Crippen molar-refractivity contribution >= 4 is 34.7 Å². The average molecular weight is 494 g/mol. The molecule has 3 aromatic rings. The summed E-state index contributed by atoms with van der Waals surface area (Å²) in [5, 5.41) is 7.44. The number of benzene rings is 2. The van der Waals surface area contributed by atoms with Gasteiger partial charge >= 0.3 is 0 Å². The molecule has 1 aromatic heterocycles. The molecule has 2 aromatic carbocycles. The third kappa shape index (κ3) is 5.95. The van der Waals surface area contributed by atoms with Crippen LogP contribution in [0.4, 0.5) is 10.1 Å². The number of anilines is 1. The Balaban J connectivity index is 1.69. The van der Waals surface area contributed by atoms with Crippen molar-refractivity contribution in [3.63, 3.8) is 0 Å². The van der Waals surface area contributed by atoms with Gasteiger partial charge in [-0.3, -0.25) is 19.3 Å². The number of hydrogen-bond donors (Lipinski definition) is 2. The molecule has 0 unspecified atom stereocenters. The molecule has 1 atom stereocenters. The Morgan fingerprint density at radius 2 is 1.74 bits per heavy atom. The number of thiophene rings is 1. The van der Waals surface area contributed by atoms with Gasteiger partial charge in [0.1, 0.15) is 11.9 Å². The van der Waals surface area contributed by atoms with Crippen LogP contribution in [0.5, 0.6) is 0 Å². The molecule has 3 amide bonds. The van der Waals surface area contributed by atoms with E-state index >= 15 is 4.39 Å². The quantitative estimate of drug-likeness (QED) is 0.475. The van der Waals surface area contributed by atoms with Crippen molar-refractivity contribution < 1.29 is 18.8 Å². The van der Waals surface area contributed by atoms with Gasteiger partial charge in [0.25, 0.3) is 5.91 Å². The second-order valence-corrected chi connectivity index (χ2v) is 9.63. The van der Waals surface area contributed by atoms with E-state index in [0.717, 1.165) is 31.2 Å². The number of halogens is 1. The van der Waals surface area contributed by atoms with Gasteiger partial charge in [-0.1, -0.05) is 60.9 Å². The van der Waals surface area contributed by atoms with Crippen LogP contribution in [0, 0.1) is 12.7 Å². The van der Waals surface area contributed by atoms with Gasteiger partial charge in [-0.2, -0.15) is 0 Å². The molecular weight excluding hydrogens is 465 g/mol. The number of amides is 3. The summed E-state index contributed by atoms with van der Waals surface area (Å²) in [6.45, 7) is 1.54. The zero-order chi connectivity index (χ0) is 24.8. The van der Waals surface area contributed by atoms with E-state index in [1.807, 2.05) is 19.1 Å². The first kappa shape index (κ1) is 24.6. The molecule has 1 saturated carbocycles. The summed E-state index contributed by atoms with van der Waals surface area (Å²) in [6.07, 6.45) is 3.81. The molecule has 6 nitrogen and oxygen atoms in total. The normalized spacial score (nSPS) is 14.3. The Morgan fingerprint density at radius 3 is 2.40 bits per heavy atom. The summed E-state index contributed by atoms with van der Waals surface area (Å²) in [5.41, 5.74) is 1.54. The van der Waals surface area contributed by atoms with Crippen molar-refractivity contribution in [2.24, 2.45) is 0 Å². The summed E-state index contributed by atoms with van der Waals surface area (Å²) in [7, 11) is 0. The maximum absolute atomic E-state index is 15.0. The molecule has 0 saturated heterocycles. The van der Waals surface area contributed by atoms with Gasteiger partial charge in [0.2, 0.25) is 11.8 Å². The average Bonchev–Trinajstić information content (AvgIpc) is 3.57. The van der Waals surface area contributed by atoms with Crippen LogP contribution >= 0.6 is 11.3 Å². The Bertz CT molecular complexity index is 1170. The van der Waals surface area contributed by atoms with Crippen molar-refractivity contribution in [1.29, 1.82) is 0 Å². The van der Waals surface area contributed by atoms with Gasteiger partial charge < -0.3 is 10.6 Å². The van der Waals surface area contributed by atoms with Crippen LogP contribution in [0.3, 0.4) is 0 Å². The van der Waals surface area contributed by atoms with Crippen molar-refractivity contribution in [3.05, 3.63) is 87.9 Å². The lowest BCUT2D eigenvalue weighted by Gasteiger charge is -2.32. The molecule has 0 aliphatic heterocycles. The maximum Gasteiger partial charge on any atom is 0.261 e. The Labute approximate surface area is 208 Å². The summed E-state index contributed by atoms with van der Waals surface area (Å²) in [4.78, 5) is 41.3. The van der Waals surface area contributed by atoms with Crippen LogP contribution in [-0.2, 0) is 9.59 Å². The van der Waals surface area contributed by atoms with Gasteiger partial charge in [0.15, 0.2) is 0 Å². The molecule has 1 aliphatic carbocycles. The van der Waals surface area contributed by atoms with Crippen LogP contribution in [-0.4, -0.2) is 30.3 Å². The van der Waals surface area contributed by atoms with Crippen LogP contribution in [0.1, 0.15) is 52.5 Å². The second-order valence-electron chi connectivity index (χ2n) is 8.68. The lowest BCUT2D eigenvalue weighted by atomic mass is 10.0. The molecule has 4 rings (SSSR count). The molecule has 1 heterocycles. The Morgan fingerprint density at radius 1 is 1.03 bits per heavy atom. The lowest BCUT2D eigenvalue weighted by molar-refractivity contribution is -0.126. The molecule has 0 bridgehead atoms. The van der Waals surface area contributed by atoms with Gasteiger partial charge in [-0.05, 0) is 48.9 Å². The second kappa shape index (κ2) is 11.3. The number of nitrogens with zero attached hydrogens (tertiary/aromatic N) is 1. The summed E-state index contributed by atoms with van der Waals surface area (Å²) in [6, 6.07) is 15.5. The molecule has 0 spiro atoms. The third-order valence-electron chi connectivity index (χ3n) is 6.13. The number of para-hydroxylation sites is 1. The number of hydrogen-bond acceptors (Lipinski definition) is 4. The lowest BCUT2D eigenvalue weighted by Crippen LogP contribution is -2.49.